The summed E-state index contributed by atoms with van der Waals surface area (Å²) in [4.78, 5) is 2.66. The Balaban J connectivity index is 1.83. The summed E-state index contributed by atoms with van der Waals surface area (Å²) in [5, 5.41) is 0. The van der Waals surface area contributed by atoms with Gasteiger partial charge in [-0.3, -0.25) is 4.90 Å². The Bertz CT molecular complexity index is 376. The molecular formula is C16H23NO. The minimum Gasteiger partial charge on any atom is -0.361 e. The smallest absolute Gasteiger partial charge is 0.111 e. The van der Waals surface area contributed by atoms with Crippen LogP contribution in [0.2, 0.25) is 0 Å². The molecule has 0 aromatic heterocycles. The summed E-state index contributed by atoms with van der Waals surface area (Å²) in [6, 6.07) is 12.1. The lowest BCUT2D eigenvalue weighted by molar-refractivity contribution is -0.0283. The van der Waals surface area contributed by atoms with Crippen LogP contribution in [0, 0.1) is 0 Å². The third-order valence-corrected chi connectivity index (χ3v) is 4.36. The van der Waals surface area contributed by atoms with Gasteiger partial charge in [0.2, 0.25) is 0 Å². The minimum atomic E-state index is 0.375. The van der Waals surface area contributed by atoms with E-state index >= 15 is 0 Å². The van der Waals surface area contributed by atoms with Crippen LogP contribution in [0.5, 0.6) is 0 Å². The van der Waals surface area contributed by atoms with Gasteiger partial charge in [-0.2, -0.15) is 0 Å². The zero-order valence-corrected chi connectivity index (χ0v) is 11.2. The highest BCUT2D eigenvalue weighted by atomic mass is 16.5. The SMILES string of the molecule is CCC[C@H]1CCC[C@@H]2OC[C@@H](c3ccccc3)N12. The lowest BCUT2D eigenvalue weighted by Gasteiger charge is -2.39. The highest BCUT2D eigenvalue weighted by Gasteiger charge is 2.41. The van der Waals surface area contributed by atoms with Gasteiger partial charge in [0.1, 0.15) is 6.23 Å². The van der Waals surface area contributed by atoms with Crippen LogP contribution in [0.3, 0.4) is 0 Å². The number of hydrogen-bond acceptors (Lipinski definition) is 2. The molecule has 0 saturated carbocycles. The number of ether oxygens (including phenoxy) is 1. The maximum atomic E-state index is 6.03. The average Bonchev–Trinajstić information content (AvgIpc) is 2.85. The Morgan fingerprint density at radius 1 is 1.22 bits per heavy atom. The van der Waals surface area contributed by atoms with Crippen LogP contribution in [-0.4, -0.2) is 23.8 Å². The van der Waals surface area contributed by atoms with Crippen molar-refractivity contribution in [2.75, 3.05) is 6.61 Å². The second-order valence-electron chi connectivity index (χ2n) is 5.54. The molecule has 0 amide bonds. The van der Waals surface area contributed by atoms with Crippen LogP contribution in [-0.2, 0) is 4.74 Å². The Morgan fingerprint density at radius 2 is 2.06 bits per heavy atom. The zero-order valence-electron chi connectivity index (χ0n) is 11.2. The normalized spacial score (nSPS) is 32.4. The van der Waals surface area contributed by atoms with Crippen LogP contribution < -0.4 is 0 Å². The van der Waals surface area contributed by atoms with Gasteiger partial charge in [-0.05, 0) is 31.2 Å². The van der Waals surface area contributed by atoms with E-state index in [4.69, 9.17) is 4.74 Å². The van der Waals surface area contributed by atoms with E-state index in [1.807, 2.05) is 0 Å². The van der Waals surface area contributed by atoms with E-state index in [0.29, 0.717) is 12.3 Å². The van der Waals surface area contributed by atoms with Gasteiger partial charge in [0.05, 0.1) is 12.6 Å². The van der Waals surface area contributed by atoms with Crippen molar-refractivity contribution in [2.24, 2.45) is 0 Å². The number of piperidine rings is 1. The average molecular weight is 245 g/mol. The molecule has 0 spiro atoms. The molecule has 3 atom stereocenters. The van der Waals surface area contributed by atoms with Crippen molar-refractivity contribution in [2.45, 2.75) is 57.3 Å². The van der Waals surface area contributed by atoms with Crippen molar-refractivity contribution < 1.29 is 4.74 Å². The maximum absolute atomic E-state index is 6.03. The van der Waals surface area contributed by atoms with E-state index in [1.165, 1.54) is 37.7 Å². The van der Waals surface area contributed by atoms with Crippen LogP contribution >= 0.6 is 0 Å². The first-order chi connectivity index (χ1) is 8.90. The second-order valence-corrected chi connectivity index (χ2v) is 5.54. The molecule has 2 saturated heterocycles. The van der Waals surface area contributed by atoms with Gasteiger partial charge in [-0.15, -0.1) is 0 Å². The fourth-order valence-corrected chi connectivity index (χ4v) is 3.54. The molecule has 0 bridgehead atoms. The number of benzene rings is 1. The first kappa shape index (κ1) is 12.2. The monoisotopic (exact) mass is 245 g/mol. The molecule has 0 aliphatic carbocycles. The molecule has 3 rings (SSSR count). The van der Waals surface area contributed by atoms with E-state index < -0.39 is 0 Å². The van der Waals surface area contributed by atoms with Gasteiger partial charge in [-0.1, -0.05) is 43.7 Å². The van der Waals surface area contributed by atoms with E-state index in [0.717, 1.165) is 12.6 Å². The molecule has 0 radical (unpaired) electrons. The molecule has 2 aliphatic heterocycles. The van der Waals surface area contributed by atoms with E-state index in [-0.39, 0.29) is 0 Å². The summed E-state index contributed by atoms with van der Waals surface area (Å²) < 4.78 is 6.03. The molecule has 0 N–H and O–H groups in total. The molecule has 1 aromatic rings. The van der Waals surface area contributed by atoms with Crippen molar-refractivity contribution in [3.8, 4) is 0 Å². The van der Waals surface area contributed by atoms with Gasteiger partial charge < -0.3 is 4.74 Å². The quantitative estimate of drug-likeness (QED) is 0.804. The number of hydrogen-bond donors (Lipinski definition) is 0. The minimum absolute atomic E-state index is 0.375. The van der Waals surface area contributed by atoms with Gasteiger partial charge in [-0.25, -0.2) is 0 Å². The largest absolute Gasteiger partial charge is 0.361 e. The fraction of sp³-hybridized carbons (Fsp3) is 0.625. The zero-order chi connectivity index (χ0) is 12.4. The van der Waals surface area contributed by atoms with E-state index in [2.05, 4.69) is 42.2 Å². The van der Waals surface area contributed by atoms with Crippen LogP contribution in [0.1, 0.15) is 50.6 Å². The highest BCUT2D eigenvalue weighted by molar-refractivity contribution is 5.20. The van der Waals surface area contributed by atoms with Crippen LogP contribution in [0.25, 0.3) is 0 Å². The van der Waals surface area contributed by atoms with Crippen molar-refractivity contribution in [3.63, 3.8) is 0 Å². The van der Waals surface area contributed by atoms with E-state index in [9.17, 15) is 0 Å². The molecule has 98 valence electrons. The Labute approximate surface area is 110 Å². The predicted octanol–water partition coefficient (Wildman–Crippen LogP) is 3.74. The molecule has 2 heterocycles. The highest BCUT2D eigenvalue weighted by Crippen LogP contribution is 2.39. The van der Waals surface area contributed by atoms with Crippen LogP contribution in [0.4, 0.5) is 0 Å². The molecule has 1 aromatic carbocycles. The predicted molar refractivity (Wildman–Crippen MR) is 73.3 cm³/mol. The standard InChI is InChI=1S/C16H23NO/c1-2-7-14-10-6-11-16-17(14)15(12-18-16)13-8-4-3-5-9-13/h3-5,8-9,14-16H,2,6-7,10-12H2,1H3/t14-,15-,16-/m0/s1. The summed E-state index contributed by atoms with van der Waals surface area (Å²) in [5.41, 5.74) is 1.42. The third kappa shape index (κ3) is 2.19. The number of fused-ring (bicyclic) bond motifs is 1. The molecule has 2 aliphatic rings. The number of nitrogens with zero attached hydrogens (tertiary/aromatic N) is 1. The molecule has 0 unspecified atom stereocenters. The lowest BCUT2D eigenvalue weighted by atomic mass is 9.94. The molecule has 2 fully saturated rings. The Morgan fingerprint density at radius 3 is 2.83 bits per heavy atom. The molecule has 18 heavy (non-hydrogen) atoms. The Hall–Kier alpha value is -0.860. The summed E-state index contributed by atoms with van der Waals surface area (Å²) in [6.07, 6.45) is 6.84. The second kappa shape index (κ2) is 5.41. The van der Waals surface area contributed by atoms with Gasteiger partial charge >= 0.3 is 0 Å². The lowest BCUT2D eigenvalue weighted by Crippen LogP contribution is -2.44. The van der Waals surface area contributed by atoms with Gasteiger partial charge in [0.25, 0.3) is 0 Å². The summed E-state index contributed by atoms with van der Waals surface area (Å²) in [5.74, 6) is 0. The van der Waals surface area contributed by atoms with Gasteiger partial charge in [0.15, 0.2) is 0 Å². The maximum Gasteiger partial charge on any atom is 0.111 e. The summed E-state index contributed by atoms with van der Waals surface area (Å²) in [6.45, 7) is 3.16. The first-order valence-corrected chi connectivity index (χ1v) is 7.34. The van der Waals surface area contributed by atoms with Gasteiger partial charge in [0, 0.05) is 6.04 Å². The van der Waals surface area contributed by atoms with E-state index in [1.54, 1.807) is 0 Å². The molecular weight excluding hydrogens is 222 g/mol. The number of rotatable bonds is 3. The summed E-state index contributed by atoms with van der Waals surface area (Å²) in [7, 11) is 0. The first-order valence-electron chi connectivity index (χ1n) is 7.34. The fourth-order valence-electron chi connectivity index (χ4n) is 3.54. The molecule has 2 nitrogen and oxygen atoms in total. The molecule has 2 heteroatoms. The van der Waals surface area contributed by atoms with Crippen LogP contribution in [0.15, 0.2) is 30.3 Å². The Kier molecular flexibility index (Phi) is 3.67. The van der Waals surface area contributed by atoms with Crippen molar-refractivity contribution in [3.05, 3.63) is 35.9 Å². The summed E-state index contributed by atoms with van der Waals surface area (Å²) >= 11 is 0. The van der Waals surface area contributed by atoms with Crippen molar-refractivity contribution in [1.82, 2.24) is 4.90 Å². The third-order valence-electron chi connectivity index (χ3n) is 4.36. The van der Waals surface area contributed by atoms with Crippen molar-refractivity contribution in [1.29, 1.82) is 0 Å². The topological polar surface area (TPSA) is 12.5 Å². The van der Waals surface area contributed by atoms with Crippen molar-refractivity contribution >= 4 is 0 Å².